The Morgan fingerprint density at radius 3 is 2.73 bits per heavy atom. The Kier molecular flexibility index (Phi) is 7.41. The van der Waals surface area contributed by atoms with E-state index in [0.717, 1.165) is 6.42 Å². The summed E-state index contributed by atoms with van der Waals surface area (Å²) in [5, 5.41) is 9.07. The highest BCUT2D eigenvalue weighted by atomic mass is 35.5. The molecule has 0 radical (unpaired) electrons. The fourth-order valence-corrected chi connectivity index (χ4v) is 1.17. The first-order chi connectivity index (χ1) is 7.08. The number of unbranched alkanes of at least 4 members (excludes halogenated alkanes) is 1. The number of halogens is 1. The van der Waals surface area contributed by atoms with Gasteiger partial charge in [-0.05, 0) is 25.8 Å². The summed E-state index contributed by atoms with van der Waals surface area (Å²) in [6.07, 6.45) is 3.70. The Morgan fingerprint density at radius 2 is 2.27 bits per heavy atom. The lowest BCUT2D eigenvalue weighted by molar-refractivity contribution is -0.175. The maximum atomic E-state index is 8.37. The van der Waals surface area contributed by atoms with Crippen LogP contribution < -0.4 is 0 Å². The molecule has 4 heteroatoms. The predicted molar refractivity (Wildman–Crippen MR) is 60.4 cm³/mol. The summed E-state index contributed by atoms with van der Waals surface area (Å²) in [6.45, 7) is 4.25. The molecule has 0 aliphatic rings. The van der Waals surface area contributed by atoms with E-state index in [4.69, 9.17) is 26.3 Å². The lowest BCUT2D eigenvalue weighted by Crippen LogP contribution is -2.29. The van der Waals surface area contributed by atoms with Crippen LogP contribution in [0.15, 0.2) is 11.1 Å². The second-order valence-corrected chi connectivity index (χ2v) is 3.76. The van der Waals surface area contributed by atoms with Crippen molar-refractivity contribution in [3.05, 3.63) is 11.1 Å². The number of hydrogen-bond donors (Lipinski definition) is 0. The van der Waals surface area contributed by atoms with Gasteiger partial charge >= 0.3 is 0 Å². The average Bonchev–Trinajstić information content (AvgIpc) is 2.24. The van der Waals surface area contributed by atoms with Gasteiger partial charge in [-0.25, -0.2) is 0 Å². The highest BCUT2D eigenvalue weighted by Gasteiger charge is 2.21. The van der Waals surface area contributed by atoms with E-state index in [2.05, 4.69) is 6.07 Å². The summed E-state index contributed by atoms with van der Waals surface area (Å²) in [5.74, 6) is -0.789. The topological polar surface area (TPSA) is 42.2 Å². The summed E-state index contributed by atoms with van der Waals surface area (Å²) >= 11 is 5.92. The molecule has 0 saturated heterocycles. The van der Waals surface area contributed by atoms with Crippen molar-refractivity contribution in [3.8, 4) is 6.07 Å². The number of ether oxygens (including phenoxy) is 2. The van der Waals surface area contributed by atoms with E-state index < -0.39 is 5.79 Å². The fourth-order valence-electron chi connectivity index (χ4n) is 0.972. The van der Waals surface area contributed by atoms with Crippen LogP contribution in [0, 0.1) is 11.3 Å². The minimum absolute atomic E-state index is 0.488. The maximum Gasteiger partial charge on any atom is 0.185 e. The van der Waals surface area contributed by atoms with Crippen LogP contribution >= 0.6 is 11.6 Å². The van der Waals surface area contributed by atoms with Gasteiger partial charge in [-0.2, -0.15) is 5.26 Å². The number of allylic oxidation sites excluding steroid dienone is 1. The van der Waals surface area contributed by atoms with Crippen molar-refractivity contribution >= 4 is 11.6 Å². The Bertz CT molecular complexity index is 247. The number of nitrogens with zero attached hydrogens (tertiary/aromatic N) is 1. The summed E-state index contributed by atoms with van der Waals surface area (Å²) in [6, 6.07) is 2.06. The van der Waals surface area contributed by atoms with Gasteiger partial charge in [0.1, 0.15) is 0 Å². The van der Waals surface area contributed by atoms with Crippen LogP contribution in [0.1, 0.15) is 33.1 Å². The third-order valence-electron chi connectivity index (χ3n) is 1.98. The molecule has 0 heterocycles. The van der Waals surface area contributed by atoms with Crippen molar-refractivity contribution in [1.29, 1.82) is 5.26 Å². The fraction of sp³-hybridized carbons (Fsp3) is 0.727. The normalized spacial score (nSPS) is 15.8. The first-order valence-corrected chi connectivity index (χ1v) is 5.39. The van der Waals surface area contributed by atoms with Crippen LogP contribution in [-0.2, 0) is 9.47 Å². The van der Waals surface area contributed by atoms with Gasteiger partial charge in [-0.1, -0.05) is 18.5 Å². The summed E-state index contributed by atoms with van der Waals surface area (Å²) < 4.78 is 10.7. The molecular weight excluding hydrogens is 214 g/mol. The van der Waals surface area contributed by atoms with E-state index in [1.54, 1.807) is 20.1 Å². The van der Waals surface area contributed by atoms with Gasteiger partial charge in [-0.3, -0.25) is 0 Å². The van der Waals surface area contributed by atoms with Crippen LogP contribution in [0.4, 0.5) is 0 Å². The van der Waals surface area contributed by atoms with Crippen molar-refractivity contribution in [2.24, 2.45) is 0 Å². The van der Waals surface area contributed by atoms with E-state index in [9.17, 15) is 0 Å². The van der Waals surface area contributed by atoms with Gasteiger partial charge in [0.25, 0.3) is 0 Å². The van der Waals surface area contributed by atoms with E-state index in [1.807, 2.05) is 6.92 Å². The van der Waals surface area contributed by atoms with Gasteiger partial charge in [-0.15, -0.1) is 0 Å². The molecule has 15 heavy (non-hydrogen) atoms. The Morgan fingerprint density at radius 1 is 1.60 bits per heavy atom. The van der Waals surface area contributed by atoms with Crippen LogP contribution in [0.2, 0.25) is 0 Å². The summed E-state index contributed by atoms with van der Waals surface area (Å²) in [5.41, 5.74) is 0. The van der Waals surface area contributed by atoms with Crippen LogP contribution in [0.3, 0.4) is 0 Å². The zero-order valence-corrected chi connectivity index (χ0v) is 10.3. The van der Waals surface area contributed by atoms with Crippen molar-refractivity contribution in [1.82, 2.24) is 0 Å². The number of rotatable bonds is 7. The average molecular weight is 232 g/mol. The quantitative estimate of drug-likeness (QED) is 0.499. The molecule has 86 valence electrons. The molecule has 0 N–H and O–H groups in total. The minimum Gasteiger partial charge on any atom is -0.350 e. The molecule has 0 aromatic rings. The smallest absolute Gasteiger partial charge is 0.185 e. The summed E-state index contributed by atoms with van der Waals surface area (Å²) in [4.78, 5) is 0. The molecule has 1 unspecified atom stereocenters. The second-order valence-electron chi connectivity index (χ2n) is 3.27. The molecule has 1 atom stereocenters. The van der Waals surface area contributed by atoms with E-state index in [1.165, 1.54) is 0 Å². The van der Waals surface area contributed by atoms with Crippen LogP contribution in [-0.4, -0.2) is 19.5 Å². The largest absolute Gasteiger partial charge is 0.350 e. The van der Waals surface area contributed by atoms with Gasteiger partial charge in [0.2, 0.25) is 0 Å². The first-order valence-electron chi connectivity index (χ1n) is 5.01. The monoisotopic (exact) mass is 231 g/mol. The molecule has 0 aromatic heterocycles. The van der Waals surface area contributed by atoms with E-state index in [0.29, 0.717) is 24.5 Å². The van der Waals surface area contributed by atoms with Gasteiger partial charge in [0.05, 0.1) is 12.7 Å². The van der Waals surface area contributed by atoms with Crippen molar-refractivity contribution in [2.45, 2.75) is 38.9 Å². The zero-order valence-electron chi connectivity index (χ0n) is 9.55. The maximum absolute atomic E-state index is 8.37. The second kappa shape index (κ2) is 7.70. The van der Waals surface area contributed by atoms with E-state index >= 15 is 0 Å². The van der Waals surface area contributed by atoms with Crippen molar-refractivity contribution in [3.63, 3.8) is 0 Å². The van der Waals surface area contributed by atoms with Gasteiger partial charge in [0.15, 0.2) is 5.79 Å². The standard InChI is InChI=1S/C11H18ClNO2/c1-4-10(12)9-11(2,14-3)15-8-6-5-7-13/h9H,4-6,8H2,1-3H3/b10-9+. The molecule has 0 spiro atoms. The molecular formula is C11H18ClNO2. The molecule has 0 bridgehead atoms. The van der Waals surface area contributed by atoms with Crippen LogP contribution in [0.5, 0.6) is 0 Å². The Hall–Kier alpha value is -0.560. The molecule has 0 aromatic carbocycles. The molecule has 3 nitrogen and oxygen atoms in total. The molecule has 0 rings (SSSR count). The van der Waals surface area contributed by atoms with Gasteiger partial charge in [0, 0.05) is 18.6 Å². The number of hydrogen-bond acceptors (Lipinski definition) is 3. The number of methoxy groups -OCH3 is 1. The number of nitriles is 1. The highest BCUT2D eigenvalue weighted by Crippen LogP contribution is 2.19. The third kappa shape index (κ3) is 6.51. The van der Waals surface area contributed by atoms with Crippen molar-refractivity contribution in [2.75, 3.05) is 13.7 Å². The Balaban J connectivity index is 4.14. The first kappa shape index (κ1) is 14.4. The minimum atomic E-state index is -0.789. The molecule has 0 aliphatic heterocycles. The Labute approximate surface area is 96.6 Å². The third-order valence-corrected chi connectivity index (χ3v) is 2.36. The summed E-state index contributed by atoms with van der Waals surface area (Å²) in [7, 11) is 1.57. The lowest BCUT2D eigenvalue weighted by atomic mass is 10.2. The van der Waals surface area contributed by atoms with E-state index in [-0.39, 0.29) is 0 Å². The molecule has 0 fully saturated rings. The predicted octanol–water partition coefficient (Wildman–Crippen LogP) is 3.20. The van der Waals surface area contributed by atoms with Crippen LogP contribution in [0.25, 0.3) is 0 Å². The molecule has 0 saturated carbocycles. The van der Waals surface area contributed by atoms with Gasteiger partial charge < -0.3 is 9.47 Å². The molecule has 0 amide bonds. The molecule has 0 aliphatic carbocycles. The highest BCUT2D eigenvalue weighted by molar-refractivity contribution is 6.29. The lowest BCUT2D eigenvalue weighted by Gasteiger charge is -2.25. The zero-order chi connectivity index (χ0) is 11.7. The van der Waals surface area contributed by atoms with Crippen molar-refractivity contribution < 1.29 is 9.47 Å². The SMILES string of the molecule is CC/C(Cl)=C\C(C)(OC)OCCCC#N.